The minimum atomic E-state index is 0.211. The monoisotopic (exact) mass is 194 g/mol. The summed E-state index contributed by atoms with van der Waals surface area (Å²) < 4.78 is 0. The highest BCUT2D eigenvalue weighted by molar-refractivity contribution is 6.29. The number of rotatable bonds is 1. The standard InChI is InChI=1S/C9H7ClN2O/c10-9-5-7(11-12-9)6-3-1-2-4-8(6)13/h1-5,13H,(H,11,12). The molecule has 0 fully saturated rings. The highest BCUT2D eigenvalue weighted by Gasteiger charge is 2.05. The fourth-order valence-electron chi connectivity index (χ4n) is 1.14. The number of benzene rings is 1. The first-order chi connectivity index (χ1) is 6.27. The first-order valence-corrected chi connectivity index (χ1v) is 4.14. The molecule has 0 saturated carbocycles. The lowest BCUT2D eigenvalue weighted by molar-refractivity contribution is 0.477. The summed E-state index contributed by atoms with van der Waals surface area (Å²) in [7, 11) is 0. The van der Waals surface area contributed by atoms with Crippen molar-refractivity contribution in [3.05, 3.63) is 35.5 Å². The van der Waals surface area contributed by atoms with E-state index in [2.05, 4.69) is 10.2 Å². The molecular weight excluding hydrogens is 188 g/mol. The molecule has 2 N–H and O–H groups in total. The van der Waals surface area contributed by atoms with E-state index >= 15 is 0 Å². The van der Waals surface area contributed by atoms with Crippen LogP contribution in [0.5, 0.6) is 5.75 Å². The van der Waals surface area contributed by atoms with Gasteiger partial charge in [-0.1, -0.05) is 23.7 Å². The van der Waals surface area contributed by atoms with Crippen LogP contribution in [0.25, 0.3) is 11.3 Å². The Morgan fingerprint density at radius 3 is 2.69 bits per heavy atom. The molecule has 1 aromatic carbocycles. The van der Waals surface area contributed by atoms with Crippen molar-refractivity contribution in [2.45, 2.75) is 0 Å². The van der Waals surface area contributed by atoms with E-state index in [4.69, 9.17) is 11.6 Å². The summed E-state index contributed by atoms with van der Waals surface area (Å²) in [5, 5.41) is 16.4. The molecule has 66 valence electrons. The fraction of sp³-hybridized carbons (Fsp3) is 0. The Morgan fingerprint density at radius 1 is 1.31 bits per heavy atom. The van der Waals surface area contributed by atoms with Gasteiger partial charge in [0.05, 0.1) is 5.69 Å². The van der Waals surface area contributed by atoms with Gasteiger partial charge in [-0.25, -0.2) is 0 Å². The predicted octanol–water partition coefficient (Wildman–Crippen LogP) is 2.44. The summed E-state index contributed by atoms with van der Waals surface area (Å²) in [6, 6.07) is 8.67. The number of aromatic hydroxyl groups is 1. The van der Waals surface area contributed by atoms with Crippen LogP contribution in [-0.4, -0.2) is 15.3 Å². The molecule has 0 unspecified atom stereocenters. The van der Waals surface area contributed by atoms with Crippen LogP contribution in [-0.2, 0) is 0 Å². The van der Waals surface area contributed by atoms with Gasteiger partial charge < -0.3 is 5.11 Å². The van der Waals surface area contributed by atoms with Crippen molar-refractivity contribution in [3.8, 4) is 17.0 Å². The van der Waals surface area contributed by atoms with E-state index in [0.717, 1.165) is 0 Å². The summed E-state index contributed by atoms with van der Waals surface area (Å²) in [5.41, 5.74) is 1.41. The molecule has 4 heteroatoms. The van der Waals surface area contributed by atoms with Crippen molar-refractivity contribution in [1.82, 2.24) is 10.2 Å². The molecule has 0 amide bonds. The van der Waals surface area contributed by atoms with Crippen LogP contribution in [0.15, 0.2) is 30.3 Å². The van der Waals surface area contributed by atoms with Crippen LogP contribution in [0.2, 0.25) is 5.15 Å². The Bertz CT molecular complexity index is 425. The molecule has 3 nitrogen and oxygen atoms in total. The minimum Gasteiger partial charge on any atom is -0.507 e. The number of aromatic nitrogens is 2. The van der Waals surface area contributed by atoms with Crippen molar-refractivity contribution in [2.75, 3.05) is 0 Å². The third-order valence-corrected chi connectivity index (χ3v) is 1.93. The van der Waals surface area contributed by atoms with Gasteiger partial charge in [0.25, 0.3) is 0 Å². The summed E-state index contributed by atoms with van der Waals surface area (Å²) in [6.07, 6.45) is 0. The van der Waals surface area contributed by atoms with Gasteiger partial charge >= 0.3 is 0 Å². The smallest absolute Gasteiger partial charge is 0.151 e. The number of aromatic amines is 1. The Morgan fingerprint density at radius 2 is 2.08 bits per heavy atom. The number of H-pyrrole nitrogens is 1. The maximum atomic E-state index is 9.48. The molecule has 2 rings (SSSR count). The van der Waals surface area contributed by atoms with Gasteiger partial charge in [0, 0.05) is 11.6 Å². The van der Waals surface area contributed by atoms with Gasteiger partial charge in [-0.15, -0.1) is 0 Å². The molecule has 0 spiro atoms. The third-order valence-electron chi connectivity index (χ3n) is 1.74. The number of nitrogens with one attached hydrogen (secondary N) is 1. The number of hydrogen-bond donors (Lipinski definition) is 2. The Hall–Kier alpha value is -1.48. The van der Waals surface area contributed by atoms with Gasteiger partial charge in [0.2, 0.25) is 0 Å². The van der Waals surface area contributed by atoms with Crippen LogP contribution < -0.4 is 0 Å². The highest BCUT2D eigenvalue weighted by Crippen LogP contribution is 2.27. The molecule has 0 aliphatic heterocycles. The average Bonchev–Trinajstić information content (AvgIpc) is 2.53. The topological polar surface area (TPSA) is 48.9 Å². The van der Waals surface area contributed by atoms with Crippen LogP contribution in [0.4, 0.5) is 0 Å². The van der Waals surface area contributed by atoms with Crippen molar-refractivity contribution in [1.29, 1.82) is 0 Å². The Labute approximate surface area is 80.0 Å². The second-order valence-electron chi connectivity index (χ2n) is 2.62. The van der Waals surface area contributed by atoms with Crippen LogP contribution in [0.1, 0.15) is 0 Å². The normalized spacial score (nSPS) is 10.2. The van der Waals surface area contributed by atoms with E-state index in [1.165, 1.54) is 0 Å². The maximum absolute atomic E-state index is 9.48. The first-order valence-electron chi connectivity index (χ1n) is 3.76. The lowest BCUT2D eigenvalue weighted by Gasteiger charge is -1.99. The second kappa shape index (κ2) is 3.11. The second-order valence-corrected chi connectivity index (χ2v) is 3.01. The summed E-state index contributed by atoms with van der Waals surface area (Å²) in [6.45, 7) is 0. The summed E-state index contributed by atoms with van der Waals surface area (Å²) >= 11 is 5.64. The molecule has 0 radical (unpaired) electrons. The molecule has 0 bridgehead atoms. The minimum absolute atomic E-state index is 0.211. The molecule has 1 heterocycles. The van der Waals surface area contributed by atoms with Crippen LogP contribution >= 0.6 is 11.6 Å². The van der Waals surface area contributed by atoms with E-state index in [1.807, 2.05) is 6.07 Å². The van der Waals surface area contributed by atoms with Crippen LogP contribution in [0.3, 0.4) is 0 Å². The molecular formula is C9H7ClN2O. The first kappa shape index (κ1) is 8.13. The zero-order valence-electron chi connectivity index (χ0n) is 6.66. The number of para-hydroxylation sites is 1. The van der Waals surface area contributed by atoms with Gasteiger partial charge in [-0.05, 0) is 12.1 Å². The van der Waals surface area contributed by atoms with E-state index in [-0.39, 0.29) is 5.75 Å². The summed E-state index contributed by atoms with van der Waals surface area (Å²) in [5.74, 6) is 0.211. The Balaban J connectivity index is 2.52. The quantitative estimate of drug-likeness (QED) is 0.733. The van der Waals surface area contributed by atoms with Crippen LogP contribution in [0, 0.1) is 0 Å². The van der Waals surface area contributed by atoms with E-state index in [1.54, 1.807) is 24.3 Å². The zero-order valence-corrected chi connectivity index (χ0v) is 7.42. The molecule has 0 aliphatic rings. The fourth-order valence-corrected chi connectivity index (χ4v) is 1.29. The average molecular weight is 195 g/mol. The van der Waals surface area contributed by atoms with Gasteiger partial charge in [0.1, 0.15) is 5.75 Å². The Kier molecular flexibility index (Phi) is 1.94. The largest absolute Gasteiger partial charge is 0.507 e. The van der Waals surface area contributed by atoms with E-state index in [9.17, 15) is 5.11 Å². The zero-order chi connectivity index (χ0) is 9.26. The van der Waals surface area contributed by atoms with Crippen molar-refractivity contribution in [2.24, 2.45) is 0 Å². The molecule has 2 aromatic rings. The van der Waals surface area contributed by atoms with Crippen molar-refractivity contribution < 1.29 is 5.11 Å². The predicted molar refractivity (Wildman–Crippen MR) is 50.7 cm³/mol. The van der Waals surface area contributed by atoms with Gasteiger partial charge in [-0.3, -0.25) is 5.10 Å². The SMILES string of the molecule is Oc1ccccc1-c1cc(Cl)n[nH]1. The van der Waals surface area contributed by atoms with Gasteiger partial charge in [0.15, 0.2) is 5.15 Å². The van der Waals surface area contributed by atoms with E-state index < -0.39 is 0 Å². The van der Waals surface area contributed by atoms with Gasteiger partial charge in [-0.2, -0.15) is 5.10 Å². The molecule has 13 heavy (non-hydrogen) atoms. The molecule has 0 atom stereocenters. The van der Waals surface area contributed by atoms with Crippen molar-refractivity contribution in [3.63, 3.8) is 0 Å². The maximum Gasteiger partial charge on any atom is 0.151 e. The number of phenolic OH excluding ortho intramolecular Hbond substituents is 1. The lowest BCUT2D eigenvalue weighted by atomic mass is 10.1. The molecule has 0 aliphatic carbocycles. The summed E-state index contributed by atoms with van der Waals surface area (Å²) in [4.78, 5) is 0. The number of nitrogens with zero attached hydrogens (tertiary/aromatic N) is 1. The number of hydrogen-bond acceptors (Lipinski definition) is 2. The number of halogens is 1. The highest BCUT2D eigenvalue weighted by atomic mass is 35.5. The van der Waals surface area contributed by atoms with E-state index in [0.29, 0.717) is 16.4 Å². The van der Waals surface area contributed by atoms with Crippen molar-refractivity contribution >= 4 is 11.6 Å². The molecule has 1 aromatic heterocycles. The third kappa shape index (κ3) is 1.51. The lowest BCUT2D eigenvalue weighted by Crippen LogP contribution is -1.77. The molecule has 0 saturated heterocycles. The number of phenols is 1.